The fourth-order valence-electron chi connectivity index (χ4n) is 1.37. The maximum atomic E-state index is 4.29. The first-order valence-electron chi connectivity index (χ1n) is 4.81. The minimum atomic E-state index is 0.823. The molecule has 0 aliphatic carbocycles. The van der Waals surface area contributed by atoms with Crippen molar-refractivity contribution in [2.45, 2.75) is 19.9 Å². The Morgan fingerprint density at radius 2 is 2.27 bits per heavy atom. The lowest BCUT2D eigenvalue weighted by molar-refractivity contribution is 0.681. The molecular weight excluding hydrogens is 256 g/mol. The van der Waals surface area contributed by atoms with Crippen molar-refractivity contribution < 1.29 is 0 Å². The number of nitrogens with zero attached hydrogens (tertiary/aromatic N) is 4. The van der Waals surface area contributed by atoms with Crippen molar-refractivity contribution in [2.75, 3.05) is 0 Å². The van der Waals surface area contributed by atoms with Gasteiger partial charge in [0.05, 0.1) is 0 Å². The van der Waals surface area contributed by atoms with Gasteiger partial charge < -0.3 is 4.57 Å². The molecule has 0 aliphatic rings. The topological polar surface area (TPSA) is 43.6 Å². The van der Waals surface area contributed by atoms with Gasteiger partial charge in [-0.15, -0.1) is 10.2 Å². The number of aromatic nitrogens is 4. The molecule has 4 nitrogen and oxygen atoms in total. The maximum absolute atomic E-state index is 4.29. The van der Waals surface area contributed by atoms with Gasteiger partial charge >= 0.3 is 0 Å². The summed E-state index contributed by atoms with van der Waals surface area (Å²) in [6, 6.07) is 3.88. The summed E-state index contributed by atoms with van der Waals surface area (Å²) in [5.74, 6) is 0.823. The van der Waals surface area contributed by atoms with Crippen LogP contribution in [0.3, 0.4) is 0 Å². The lowest BCUT2D eigenvalue weighted by Crippen LogP contribution is -1.99. The predicted octanol–water partition coefficient (Wildman–Crippen LogP) is 2.51. The van der Waals surface area contributed by atoms with Crippen LogP contribution in [0.4, 0.5) is 0 Å². The summed E-state index contributed by atoms with van der Waals surface area (Å²) in [7, 11) is 0. The highest BCUT2D eigenvalue weighted by Crippen LogP contribution is 2.16. The molecule has 2 aromatic heterocycles. The Hall–Kier alpha value is -1.23. The molecule has 2 rings (SSSR count). The summed E-state index contributed by atoms with van der Waals surface area (Å²) >= 11 is 3.35. The van der Waals surface area contributed by atoms with Gasteiger partial charge in [-0.3, -0.25) is 4.98 Å². The first kappa shape index (κ1) is 10.3. The van der Waals surface area contributed by atoms with Crippen LogP contribution in [0.25, 0.3) is 11.5 Å². The molecule has 0 aromatic carbocycles. The third kappa shape index (κ3) is 2.23. The van der Waals surface area contributed by atoms with Gasteiger partial charge in [-0.25, -0.2) is 0 Å². The molecule has 0 saturated heterocycles. The SMILES string of the molecule is CCCn1cnnc1-c1ccc(Br)cn1. The highest BCUT2D eigenvalue weighted by Gasteiger charge is 2.07. The minimum absolute atomic E-state index is 0.823. The molecule has 0 atom stereocenters. The van der Waals surface area contributed by atoms with Gasteiger partial charge in [0.2, 0.25) is 0 Å². The molecule has 0 unspecified atom stereocenters. The monoisotopic (exact) mass is 266 g/mol. The van der Waals surface area contributed by atoms with Crippen LogP contribution < -0.4 is 0 Å². The van der Waals surface area contributed by atoms with Crippen LogP contribution in [-0.4, -0.2) is 19.7 Å². The Balaban J connectivity index is 2.36. The van der Waals surface area contributed by atoms with E-state index in [0.29, 0.717) is 0 Å². The Bertz CT molecular complexity index is 435. The molecule has 0 spiro atoms. The molecule has 2 aromatic rings. The molecule has 0 aliphatic heterocycles. The van der Waals surface area contributed by atoms with Crippen molar-refractivity contribution in [1.29, 1.82) is 0 Å². The van der Waals surface area contributed by atoms with Gasteiger partial charge in [-0.2, -0.15) is 0 Å². The molecule has 0 fully saturated rings. The average molecular weight is 267 g/mol. The van der Waals surface area contributed by atoms with Gasteiger partial charge in [0.15, 0.2) is 5.82 Å². The van der Waals surface area contributed by atoms with Gasteiger partial charge in [0.1, 0.15) is 12.0 Å². The average Bonchev–Trinajstić information content (AvgIpc) is 2.68. The second kappa shape index (κ2) is 4.53. The van der Waals surface area contributed by atoms with E-state index < -0.39 is 0 Å². The fourth-order valence-corrected chi connectivity index (χ4v) is 1.60. The molecule has 15 heavy (non-hydrogen) atoms. The van der Waals surface area contributed by atoms with E-state index in [-0.39, 0.29) is 0 Å². The Morgan fingerprint density at radius 3 is 2.93 bits per heavy atom. The number of hydrogen-bond acceptors (Lipinski definition) is 3. The lowest BCUT2D eigenvalue weighted by atomic mass is 10.3. The lowest BCUT2D eigenvalue weighted by Gasteiger charge is -2.03. The van der Waals surface area contributed by atoms with Crippen molar-refractivity contribution in [3.05, 3.63) is 29.1 Å². The van der Waals surface area contributed by atoms with Gasteiger partial charge in [0.25, 0.3) is 0 Å². The van der Waals surface area contributed by atoms with E-state index in [9.17, 15) is 0 Å². The van der Waals surface area contributed by atoms with Crippen LogP contribution in [-0.2, 0) is 6.54 Å². The highest BCUT2D eigenvalue weighted by molar-refractivity contribution is 9.10. The van der Waals surface area contributed by atoms with Crippen molar-refractivity contribution >= 4 is 15.9 Å². The number of aryl methyl sites for hydroxylation is 1. The first-order chi connectivity index (χ1) is 7.31. The van der Waals surface area contributed by atoms with Crippen molar-refractivity contribution in [3.63, 3.8) is 0 Å². The zero-order valence-corrected chi connectivity index (χ0v) is 9.98. The summed E-state index contributed by atoms with van der Waals surface area (Å²) in [6.45, 7) is 3.04. The van der Waals surface area contributed by atoms with E-state index in [1.54, 1.807) is 12.5 Å². The normalized spacial score (nSPS) is 10.5. The van der Waals surface area contributed by atoms with Gasteiger partial charge in [-0.1, -0.05) is 6.92 Å². The molecule has 0 radical (unpaired) electrons. The second-order valence-corrected chi connectivity index (χ2v) is 4.13. The standard InChI is InChI=1S/C10H11BrN4/c1-2-5-15-7-13-14-10(15)9-4-3-8(11)6-12-9/h3-4,6-7H,2,5H2,1H3. The van der Waals surface area contributed by atoms with E-state index in [2.05, 4.69) is 38.0 Å². The Labute approximate surface area is 96.5 Å². The Morgan fingerprint density at radius 1 is 1.40 bits per heavy atom. The van der Waals surface area contributed by atoms with E-state index in [4.69, 9.17) is 0 Å². The smallest absolute Gasteiger partial charge is 0.182 e. The number of rotatable bonds is 3. The molecular formula is C10H11BrN4. The highest BCUT2D eigenvalue weighted by atomic mass is 79.9. The van der Waals surface area contributed by atoms with Crippen LogP contribution in [0.2, 0.25) is 0 Å². The number of pyridine rings is 1. The van der Waals surface area contributed by atoms with Crippen LogP contribution >= 0.6 is 15.9 Å². The van der Waals surface area contributed by atoms with E-state index >= 15 is 0 Å². The third-order valence-electron chi connectivity index (χ3n) is 2.04. The predicted molar refractivity (Wildman–Crippen MR) is 61.2 cm³/mol. The molecule has 78 valence electrons. The second-order valence-electron chi connectivity index (χ2n) is 3.21. The molecule has 5 heteroatoms. The van der Waals surface area contributed by atoms with Gasteiger partial charge in [-0.05, 0) is 34.5 Å². The van der Waals surface area contributed by atoms with Gasteiger partial charge in [0, 0.05) is 17.2 Å². The molecule has 0 amide bonds. The fraction of sp³-hybridized carbons (Fsp3) is 0.300. The quantitative estimate of drug-likeness (QED) is 0.858. The molecule has 2 heterocycles. The summed E-state index contributed by atoms with van der Waals surface area (Å²) in [5.41, 5.74) is 0.851. The van der Waals surface area contributed by atoms with E-state index in [0.717, 1.165) is 29.0 Å². The zero-order valence-electron chi connectivity index (χ0n) is 8.39. The number of hydrogen-bond donors (Lipinski definition) is 0. The van der Waals surface area contributed by atoms with E-state index in [1.165, 1.54) is 0 Å². The molecule has 0 N–H and O–H groups in total. The Kier molecular flexibility index (Phi) is 3.11. The summed E-state index contributed by atoms with van der Waals surface area (Å²) < 4.78 is 2.98. The van der Waals surface area contributed by atoms with Crippen molar-refractivity contribution in [1.82, 2.24) is 19.7 Å². The largest absolute Gasteiger partial charge is 0.312 e. The number of halogens is 1. The van der Waals surface area contributed by atoms with Crippen LogP contribution in [0.1, 0.15) is 13.3 Å². The third-order valence-corrected chi connectivity index (χ3v) is 2.51. The van der Waals surface area contributed by atoms with Crippen LogP contribution in [0.15, 0.2) is 29.1 Å². The zero-order chi connectivity index (χ0) is 10.7. The van der Waals surface area contributed by atoms with Crippen LogP contribution in [0, 0.1) is 0 Å². The molecule has 0 bridgehead atoms. The molecule has 0 saturated carbocycles. The summed E-state index contributed by atoms with van der Waals surface area (Å²) in [6.07, 6.45) is 4.56. The minimum Gasteiger partial charge on any atom is -0.312 e. The van der Waals surface area contributed by atoms with Crippen LogP contribution in [0.5, 0.6) is 0 Å². The van der Waals surface area contributed by atoms with Crippen molar-refractivity contribution in [3.8, 4) is 11.5 Å². The maximum Gasteiger partial charge on any atom is 0.182 e. The summed E-state index contributed by atoms with van der Waals surface area (Å²) in [4.78, 5) is 4.29. The first-order valence-corrected chi connectivity index (χ1v) is 5.60. The van der Waals surface area contributed by atoms with E-state index in [1.807, 2.05) is 16.7 Å². The van der Waals surface area contributed by atoms with Crippen molar-refractivity contribution in [2.24, 2.45) is 0 Å². The summed E-state index contributed by atoms with van der Waals surface area (Å²) in [5, 5.41) is 7.97.